The topological polar surface area (TPSA) is 87.7 Å². The minimum absolute atomic E-state index is 0.119. The minimum Gasteiger partial charge on any atom is -0.379 e. The molecule has 0 bridgehead atoms. The fourth-order valence-electron chi connectivity index (χ4n) is 3.37. The molecule has 1 aliphatic rings. The summed E-state index contributed by atoms with van der Waals surface area (Å²) in [6.07, 6.45) is 1.06. The lowest BCUT2D eigenvalue weighted by molar-refractivity contribution is -0.122. The summed E-state index contributed by atoms with van der Waals surface area (Å²) in [7, 11) is -3.84. The van der Waals surface area contributed by atoms with Crippen molar-refractivity contribution in [3.8, 4) is 0 Å². The normalized spacial score (nSPS) is 16.0. The van der Waals surface area contributed by atoms with Gasteiger partial charge in [0.1, 0.15) is 6.04 Å². The van der Waals surface area contributed by atoms with E-state index < -0.39 is 16.1 Å². The second-order valence-corrected chi connectivity index (χ2v) is 10.0. The number of nitrogens with zero attached hydrogens (tertiary/aromatic N) is 1. The molecule has 168 valence electrons. The van der Waals surface area contributed by atoms with E-state index >= 15 is 0 Å². The standard InChI is InChI=1S/C22H28BrN3O4S/c23-19-7-9-20(10-8-19)31(28,29)25-21(17-18-5-2-1-3-6-18)22(27)24-11-4-12-26-13-15-30-16-14-26/h1-3,5-10,21,25H,4,11-17H2,(H,24,27)/t21-/m0/s1. The number of nitrogens with one attached hydrogen (secondary N) is 2. The number of carbonyl (C=O) groups excluding carboxylic acids is 1. The van der Waals surface area contributed by atoms with Crippen LogP contribution in [0.25, 0.3) is 0 Å². The Morgan fingerprint density at radius 3 is 2.42 bits per heavy atom. The van der Waals surface area contributed by atoms with Crippen molar-refractivity contribution in [2.45, 2.75) is 23.8 Å². The molecule has 2 N–H and O–H groups in total. The Morgan fingerprint density at radius 1 is 1.06 bits per heavy atom. The van der Waals surface area contributed by atoms with E-state index in [1.807, 2.05) is 30.3 Å². The van der Waals surface area contributed by atoms with Crippen molar-refractivity contribution >= 4 is 31.9 Å². The molecule has 1 atom stereocenters. The van der Waals surface area contributed by atoms with Gasteiger partial charge in [-0.05, 0) is 49.2 Å². The fraction of sp³-hybridized carbons (Fsp3) is 0.409. The highest BCUT2D eigenvalue weighted by Crippen LogP contribution is 2.15. The molecule has 1 aliphatic heterocycles. The van der Waals surface area contributed by atoms with Crippen LogP contribution in [0, 0.1) is 0 Å². The van der Waals surface area contributed by atoms with E-state index in [1.165, 1.54) is 12.1 Å². The first-order chi connectivity index (χ1) is 14.9. The van der Waals surface area contributed by atoms with Crippen LogP contribution in [-0.2, 0) is 26.0 Å². The van der Waals surface area contributed by atoms with E-state index in [9.17, 15) is 13.2 Å². The van der Waals surface area contributed by atoms with Crippen LogP contribution in [0.5, 0.6) is 0 Å². The highest BCUT2D eigenvalue weighted by molar-refractivity contribution is 9.10. The number of hydrogen-bond donors (Lipinski definition) is 2. The van der Waals surface area contributed by atoms with Crippen LogP contribution in [-0.4, -0.2) is 64.7 Å². The Hall–Kier alpha value is -1.78. The van der Waals surface area contributed by atoms with Crippen LogP contribution in [0.3, 0.4) is 0 Å². The van der Waals surface area contributed by atoms with Crippen molar-refractivity contribution in [3.63, 3.8) is 0 Å². The molecule has 1 amide bonds. The molecule has 2 aromatic carbocycles. The SMILES string of the molecule is O=C(NCCCN1CCOCC1)[C@H](Cc1ccccc1)NS(=O)(=O)c1ccc(Br)cc1. The fourth-order valence-corrected chi connectivity index (χ4v) is 4.83. The van der Waals surface area contributed by atoms with Crippen LogP contribution in [0.1, 0.15) is 12.0 Å². The Balaban J connectivity index is 1.62. The van der Waals surface area contributed by atoms with Gasteiger partial charge in [0.05, 0.1) is 18.1 Å². The maximum atomic E-state index is 12.9. The molecule has 0 unspecified atom stereocenters. The third-order valence-corrected chi connectivity index (χ3v) is 7.09. The molecule has 1 fully saturated rings. The summed E-state index contributed by atoms with van der Waals surface area (Å²) < 4.78 is 34.4. The molecular formula is C22H28BrN3O4S. The van der Waals surface area contributed by atoms with Crippen molar-refractivity contribution in [2.75, 3.05) is 39.4 Å². The van der Waals surface area contributed by atoms with Crippen molar-refractivity contribution in [1.82, 2.24) is 14.9 Å². The van der Waals surface area contributed by atoms with Gasteiger partial charge in [-0.25, -0.2) is 8.42 Å². The van der Waals surface area contributed by atoms with Gasteiger partial charge in [0.15, 0.2) is 0 Å². The van der Waals surface area contributed by atoms with E-state index in [0.717, 1.165) is 49.3 Å². The Labute approximate surface area is 192 Å². The molecule has 0 aromatic heterocycles. The lowest BCUT2D eigenvalue weighted by Gasteiger charge is -2.26. The highest BCUT2D eigenvalue weighted by atomic mass is 79.9. The average molecular weight is 510 g/mol. The molecule has 7 nitrogen and oxygen atoms in total. The zero-order chi connectivity index (χ0) is 22.1. The zero-order valence-corrected chi connectivity index (χ0v) is 19.7. The van der Waals surface area contributed by atoms with E-state index in [4.69, 9.17) is 4.74 Å². The molecule has 1 saturated heterocycles. The quantitative estimate of drug-likeness (QED) is 0.479. The zero-order valence-electron chi connectivity index (χ0n) is 17.3. The van der Waals surface area contributed by atoms with Crippen molar-refractivity contribution in [2.24, 2.45) is 0 Å². The number of sulfonamides is 1. The largest absolute Gasteiger partial charge is 0.379 e. The van der Waals surface area contributed by atoms with Crippen LogP contribution < -0.4 is 10.0 Å². The van der Waals surface area contributed by atoms with E-state index in [-0.39, 0.29) is 17.2 Å². The van der Waals surface area contributed by atoms with Crippen LogP contribution >= 0.6 is 15.9 Å². The molecule has 0 aliphatic carbocycles. The summed E-state index contributed by atoms with van der Waals surface area (Å²) in [4.78, 5) is 15.3. The Kier molecular flexibility index (Phi) is 9.03. The van der Waals surface area contributed by atoms with Gasteiger partial charge >= 0.3 is 0 Å². The Morgan fingerprint density at radius 2 is 1.74 bits per heavy atom. The maximum absolute atomic E-state index is 12.9. The second kappa shape index (κ2) is 11.7. The van der Waals surface area contributed by atoms with Gasteiger partial charge in [-0.3, -0.25) is 9.69 Å². The third-order valence-electron chi connectivity index (χ3n) is 5.07. The minimum atomic E-state index is -3.84. The number of morpholine rings is 1. The molecular weight excluding hydrogens is 482 g/mol. The predicted molar refractivity (Wildman–Crippen MR) is 123 cm³/mol. The second-order valence-electron chi connectivity index (χ2n) is 7.42. The van der Waals surface area contributed by atoms with Gasteiger partial charge in [0.2, 0.25) is 15.9 Å². The number of ether oxygens (including phenoxy) is 1. The van der Waals surface area contributed by atoms with Crippen LogP contribution in [0.15, 0.2) is 64.0 Å². The molecule has 31 heavy (non-hydrogen) atoms. The third kappa shape index (κ3) is 7.69. The van der Waals surface area contributed by atoms with Crippen molar-refractivity contribution in [1.29, 1.82) is 0 Å². The average Bonchev–Trinajstić information content (AvgIpc) is 2.78. The summed E-state index contributed by atoms with van der Waals surface area (Å²) in [6.45, 7) is 4.64. The summed E-state index contributed by atoms with van der Waals surface area (Å²) in [5.74, 6) is -0.327. The van der Waals surface area contributed by atoms with Gasteiger partial charge in [0.25, 0.3) is 0 Å². The van der Waals surface area contributed by atoms with Gasteiger partial charge < -0.3 is 10.1 Å². The van der Waals surface area contributed by atoms with E-state index in [2.05, 4.69) is 30.9 Å². The first-order valence-corrected chi connectivity index (χ1v) is 12.6. The number of hydrogen-bond acceptors (Lipinski definition) is 5. The summed E-state index contributed by atoms with van der Waals surface area (Å²) >= 11 is 3.30. The van der Waals surface area contributed by atoms with E-state index in [0.29, 0.717) is 6.54 Å². The first-order valence-electron chi connectivity index (χ1n) is 10.3. The summed E-state index contributed by atoms with van der Waals surface area (Å²) in [5, 5.41) is 2.89. The molecule has 0 spiro atoms. The smallest absolute Gasteiger partial charge is 0.241 e. The number of carbonyl (C=O) groups is 1. The van der Waals surface area contributed by atoms with E-state index in [1.54, 1.807) is 12.1 Å². The molecule has 0 radical (unpaired) electrons. The number of benzene rings is 2. The van der Waals surface area contributed by atoms with Gasteiger partial charge in [-0.15, -0.1) is 0 Å². The van der Waals surface area contributed by atoms with Crippen LogP contribution in [0.4, 0.5) is 0 Å². The number of halogens is 1. The molecule has 9 heteroatoms. The van der Waals surface area contributed by atoms with Crippen molar-refractivity contribution < 1.29 is 17.9 Å². The molecule has 3 rings (SSSR count). The summed E-state index contributed by atoms with van der Waals surface area (Å²) in [6, 6.07) is 14.8. The van der Waals surface area contributed by atoms with Gasteiger partial charge in [-0.1, -0.05) is 46.3 Å². The molecule has 1 heterocycles. The Bertz CT molecular complexity index is 933. The molecule has 2 aromatic rings. The van der Waals surface area contributed by atoms with Crippen LogP contribution in [0.2, 0.25) is 0 Å². The predicted octanol–water partition coefficient (Wildman–Crippen LogP) is 2.18. The van der Waals surface area contributed by atoms with Gasteiger partial charge in [0, 0.05) is 24.1 Å². The number of amides is 1. The lowest BCUT2D eigenvalue weighted by Crippen LogP contribution is -2.48. The van der Waals surface area contributed by atoms with Gasteiger partial charge in [-0.2, -0.15) is 4.72 Å². The van der Waals surface area contributed by atoms with Crippen molar-refractivity contribution in [3.05, 3.63) is 64.6 Å². The maximum Gasteiger partial charge on any atom is 0.241 e. The first kappa shape index (κ1) is 23.9. The molecule has 0 saturated carbocycles. The lowest BCUT2D eigenvalue weighted by atomic mass is 10.1. The highest BCUT2D eigenvalue weighted by Gasteiger charge is 2.26. The number of rotatable bonds is 10. The monoisotopic (exact) mass is 509 g/mol. The summed E-state index contributed by atoms with van der Waals surface area (Å²) in [5.41, 5.74) is 0.884.